The summed E-state index contributed by atoms with van der Waals surface area (Å²) in [5.74, 6) is -0.419. The van der Waals surface area contributed by atoms with Crippen LogP contribution in [-0.2, 0) is 10.0 Å². The molecule has 1 radical (unpaired) electrons. The average molecular weight is 369 g/mol. The van der Waals surface area contributed by atoms with Crippen molar-refractivity contribution >= 4 is 22.0 Å². The fourth-order valence-corrected chi connectivity index (χ4v) is 4.39. The Bertz CT molecular complexity index is 882. The molecule has 0 bridgehead atoms. The largest absolute Gasteiger partial charge is 0.269 e. The summed E-state index contributed by atoms with van der Waals surface area (Å²) < 4.78 is 26.5. The highest BCUT2D eigenvalue weighted by atomic mass is 32.2. The molecule has 0 aromatic heterocycles. The Balaban J connectivity index is 1.62. The smallest absolute Gasteiger partial charge is 0.267 e. The molecule has 3 rings (SSSR count). The summed E-state index contributed by atoms with van der Waals surface area (Å²) in [6.45, 7) is 0.955. The van der Waals surface area contributed by atoms with Crippen molar-refractivity contribution in [3.8, 4) is 0 Å². The van der Waals surface area contributed by atoms with Crippen LogP contribution in [0.3, 0.4) is 0 Å². The molecule has 1 aliphatic heterocycles. The Morgan fingerprint density at radius 2 is 1.62 bits per heavy atom. The third-order valence-electron chi connectivity index (χ3n) is 4.69. The van der Waals surface area contributed by atoms with Gasteiger partial charge in [0.2, 0.25) is 10.0 Å². The number of benzene rings is 2. The van der Waals surface area contributed by atoms with Crippen LogP contribution < -0.4 is 5.73 Å². The van der Waals surface area contributed by atoms with E-state index in [9.17, 15) is 13.2 Å². The van der Waals surface area contributed by atoms with E-state index < -0.39 is 15.9 Å². The molecule has 1 N–H and O–H groups in total. The van der Waals surface area contributed by atoms with Crippen LogP contribution in [0.15, 0.2) is 60.0 Å². The van der Waals surface area contributed by atoms with Crippen LogP contribution in [0.4, 0.5) is 0 Å². The lowest BCUT2D eigenvalue weighted by Gasteiger charge is -2.30. The molecule has 1 saturated heterocycles. The molecule has 2 aromatic carbocycles. The highest BCUT2D eigenvalue weighted by Crippen LogP contribution is 2.29. The van der Waals surface area contributed by atoms with Gasteiger partial charge in [0, 0.05) is 24.1 Å². The second-order valence-corrected chi connectivity index (χ2v) is 8.20. The van der Waals surface area contributed by atoms with Crippen molar-refractivity contribution < 1.29 is 13.2 Å². The second-order valence-electron chi connectivity index (χ2n) is 6.38. The van der Waals surface area contributed by atoms with Gasteiger partial charge in [0.1, 0.15) is 0 Å². The summed E-state index contributed by atoms with van der Waals surface area (Å²) in [6.07, 6.45) is 3.11. The Morgan fingerprint density at radius 1 is 1.00 bits per heavy atom. The number of nitrogens with one attached hydrogen (secondary N) is 1. The van der Waals surface area contributed by atoms with Gasteiger partial charge in [-0.3, -0.25) is 10.5 Å². The fourth-order valence-electron chi connectivity index (χ4n) is 3.17. The molecule has 0 saturated carbocycles. The standard InChI is InChI=1S/C20H21N2O3S/c21-20(23)19-8-6-17(7-9-19)18-10-13-22(14-11-18)26(24,25)15-12-16-4-2-1-3-5-16/h1-9,12,15,18,21H,10-11,13-14H2. The minimum absolute atomic E-state index is 0.273. The lowest BCUT2D eigenvalue weighted by atomic mass is 9.90. The molecule has 1 amide bonds. The van der Waals surface area contributed by atoms with Crippen molar-refractivity contribution in [3.05, 3.63) is 76.7 Å². The number of rotatable bonds is 5. The number of sulfonamides is 1. The van der Waals surface area contributed by atoms with Gasteiger partial charge in [0.15, 0.2) is 0 Å². The van der Waals surface area contributed by atoms with Gasteiger partial charge in [-0.1, -0.05) is 42.5 Å². The highest BCUT2D eigenvalue weighted by molar-refractivity contribution is 7.92. The minimum Gasteiger partial charge on any atom is -0.267 e. The maximum atomic E-state index is 12.5. The van der Waals surface area contributed by atoms with Crippen LogP contribution in [0.2, 0.25) is 0 Å². The molecule has 1 fully saturated rings. The third-order valence-corrected chi connectivity index (χ3v) is 6.26. The van der Waals surface area contributed by atoms with Crippen LogP contribution in [0.1, 0.15) is 40.2 Å². The van der Waals surface area contributed by atoms with Gasteiger partial charge in [0.25, 0.3) is 5.91 Å². The molecule has 0 unspecified atom stereocenters. The van der Waals surface area contributed by atoms with E-state index in [1.807, 2.05) is 42.5 Å². The lowest BCUT2D eigenvalue weighted by molar-refractivity contribution is 0.0992. The van der Waals surface area contributed by atoms with Crippen LogP contribution in [0.25, 0.3) is 6.08 Å². The van der Waals surface area contributed by atoms with Crippen molar-refractivity contribution in [2.75, 3.05) is 13.1 Å². The Labute approximate surface area is 154 Å². The molecule has 6 heteroatoms. The topological polar surface area (TPSA) is 78.2 Å². The first-order valence-electron chi connectivity index (χ1n) is 8.55. The van der Waals surface area contributed by atoms with Gasteiger partial charge in [0.05, 0.1) is 0 Å². The minimum atomic E-state index is -3.42. The third kappa shape index (κ3) is 4.39. The van der Waals surface area contributed by atoms with Crippen molar-refractivity contribution in [2.45, 2.75) is 18.8 Å². The van der Waals surface area contributed by atoms with E-state index in [-0.39, 0.29) is 5.92 Å². The zero-order valence-corrected chi connectivity index (χ0v) is 15.2. The quantitative estimate of drug-likeness (QED) is 0.811. The number of hydrogen-bond acceptors (Lipinski definition) is 3. The second kappa shape index (κ2) is 7.85. The molecule has 1 aliphatic rings. The van der Waals surface area contributed by atoms with Crippen molar-refractivity contribution in [2.24, 2.45) is 0 Å². The number of carbonyl (C=O) groups excluding carboxylic acids is 1. The summed E-state index contributed by atoms with van der Waals surface area (Å²) in [5.41, 5.74) is 9.43. The first-order chi connectivity index (χ1) is 12.5. The van der Waals surface area contributed by atoms with Crippen LogP contribution in [-0.4, -0.2) is 31.7 Å². The molecular weight excluding hydrogens is 348 g/mol. The van der Waals surface area contributed by atoms with Gasteiger partial charge < -0.3 is 0 Å². The number of carbonyl (C=O) groups is 1. The summed E-state index contributed by atoms with van der Waals surface area (Å²) >= 11 is 0. The zero-order chi connectivity index (χ0) is 18.6. The SMILES string of the molecule is [NH]C(=O)c1ccc(C2CCN(S(=O)(=O)C=Cc3ccccc3)CC2)cc1. The van der Waals surface area contributed by atoms with Gasteiger partial charge in [-0.05, 0) is 48.1 Å². The van der Waals surface area contributed by atoms with Crippen molar-refractivity contribution in [1.29, 1.82) is 0 Å². The van der Waals surface area contributed by atoms with E-state index in [4.69, 9.17) is 5.73 Å². The number of hydrogen-bond donors (Lipinski definition) is 0. The van der Waals surface area contributed by atoms with Crippen molar-refractivity contribution in [3.63, 3.8) is 0 Å². The molecule has 1 heterocycles. The number of nitrogens with zero attached hydrogens (tertiary/aromatic N) is 1. The van der Waals surface area contributed by atoms with Gasteiger partial charge in [-0.2, -0.15) is 4.31 Å². The van der Waals surface area contributed by atoms with Crippen LogP contribution >= 0.6 is 0 Å². The maximum Gasteiger partial charge on any atom is 0.269 e. The number of amides is 1. The predicted octanol–water partition coefficient (Wildman–Crippen LogP) is 3.29. The maximum absolute atomic E-state index is 12.5. The molecule has 0 spiro atoms. The Hall–Kier alpha value is -2.44. The van der Waals surface area contributed by atoms with E-state index >= 15 is 0 Å². The van der Waals surface area contributed by atoms with Crippen LogP contribution in [0.5, 0.6) is 0 Å². The summed E-state index contributed by atoms with van der Waals surface area (Å²) in [4.78, 5) is 11.0. The Morgan fingerprint density at radius 3 is 2.19 bits per heavy atom. The molecule has 0 atom stereocenters. The number of piperidine rings is 1. The molecule has 2 aromatic rings. The molecule has 26 heavy (non-hydrogen) atoms. The first-order valence-corrected chi connectivity index (χ1v) is 10.1. The Kier molecular flexibility index (Phi) is 5.54. The first kappa shape index (κ1) is 18.4. The molecular formula is C20H21N2O3S. The summed E-state index contributed by atoms with van der Waals surface area (Å²) in [7, 11) is -3.42. The normalized spacial score (nSPS) is 16.8. The fraction of sp³-hybridized carbons (Fsp3) is 0.250. The average Bonchev–Trinajstić information content (AvgIpc) is 2.67. The molecule has 135 valence electrons. The summed E-state index contributed by atoms with van der Waals surface area (Å²) in [5, 5.41) is 1.28. The van der Waals surface area contributed by atoms with Crippen LogP contribution in [0, 0.1) is 0 Å². The van der Waals surface area contributed by atoms with Gasteiger partial charge in [-0.15, -0.1) is 0 Å². The predicted molar refractivity (Wildman–Crippen MR) is 102 cm³/mol. The van der Waals surface area contributed by atoms with E-state index in [2.05, 4.69) is 0 Å². The monoisotopic (exact) mass is 369 g/mol. The lowest BCUT2D eigenvalue weighted by Crippen LogP contribution is -2.36. The zero-order valence-electron chi connectivity index (χ0n) is 14.3. The van der Waals surface area contributed by atoms with Gasteiger partial charge >= 0.3 is 0 Å². The van der Waals surface area contributed by atoms with E-state index in [1.54, 1.807) is 18.2 Å². The van der Waals surface area contributed by atoms with E-state index in [0.29, 0.717) is 18.7 Å². The van der Waals surface area contributed by atoms with Crippen molar-refractivity contribution in [1.82, 2.24) is 10.0 Å². The highest BCUT2D eigenvalue weighted by Gasteiger charge is 2.27. The van der Waals surface area contributed by atoms with E-state index in [1.165, 1.54) is 9.71 Å². The molecule has 5 nitrogen and oxygen atoms in total. The molecule has 0 aliphatic carbocycles. The summed E-state index contributed by atoms with van der Waals surface area (Å²) in [6, 6.07) is 16.4. The van der Waals surface area contributed by atoms with E-state index in [0.717, 1.165) is 24.0 Å². The van der Waals surface area contributed by atoms with Gasteiger partial charge in [-0.25, -0.2) is 8.42 Å².